The van der Waals surface area contributed by atoms with E-state index >= 15 is 0 Å². The standard InChI is InChI=1S/C26H32N4O3S/c1-17(2)18-7-9-19(10-8-18)33-16-23(31)30-13-11-29(12-14-30)15-22-27-25(32)24-20-5-3-4-6-21(20)34-26(24)28-22/h7-10,17H,3-6,11-16H2,1-2H3,(H,27,28,32). The van der Waals surface area contributed by atoms with Crippen LogP contribution in [-0.2, 0) is 24.2 Å². The molecule has 0 saturated carbocycles. The van der Waals surface area contributed by atoms with E-state index in [4.69, 9.17) is 9.72 Å². The minimum Gasteiger partial charge on any atom is -0.484 e. The second kappa shape index (κ2) is 9.88. The molecule has 34 heavy (non-hydrogen) atoms. The van der Waals surface area contributed by atoms with Crippen LogP contribution < -0.4 is 10.3 Å². The molecule has 2 aliphatic rings. The number of H-pyrrole nitrogens is 1. The number of nitrogens with one attached hydrogen (secondary N) is 1. The summed E-state index contributed by atoms with van der Waals surface area (Å²) in [7, 11) is 0. The highest BCUT2D eigenvalue weighted by Crippen LogP contribution is 2.33. The van der Waals surface area contributed by atoms with Crippen molar-refractivity contribution in [2.45, 2.75) is 52.0 Å². The molecule has 1 N–H and O–H groups in total. The summed E-state index contributed by atoms with van der Waals surface area (Å²) >= 11 is 1.68. The molecule has 1 aliphatic carbocycles. The summed E-state index contributed by atoms with van der Waals surface area (Å²) in [4.78, 5) is 39.5. The van der Waals surface area contributed by atoms with E-state index in [-0.39, 0.29) is 18.1 Å². The van der Waals surface area contributed by atoms with E-state index in [0.717, 1.165) is 48.3 Å². The molecular formula is C26H32N4O3S. The van der Waals surface area contributed by atoms with E-state index in [1.54, 1.807) is 11.3 Å². The fraction of sp³-hybridized carbons (Fsp3) is 0.500. The van der Waals surface area contributed by atoms with Gasteiger partial charge >= 0.3 is 0 Å². The number of aryl methyl sites for hydroxylation is 2. The van der Waals surface area contributed by atoms with Crippen LogP contribution >= 0.6 is 11.3 Å². The van der Waals surface area contributed by atoms with E-state index in [9.17, 15) is 9.59 Å². The van der Waals surface area contributed by atoms with Gasteiger partial charge in [-0.1, -0.05) is 26.0 Å². The lowest BCUT2D eigenvalue weighted by Crippen LogP contribution is -2.49. The number of hydrogen-bond acceptors (Lipinski definition) is 6. The van der Waals surface area contributed by atoms with Gasteiger partial charge in [-0.15, -0.1) is 11.3 Å². The van der Waals surface area contributed by atoms with Gasteiger partial charge in [0, 0.05) is 31.1 Å². The highest BCUT2D eigenvalue weighted by Gasteiger charge is 2.23. The average Bonchev–Trinajstić information content (AvgIpc) is 3.22. The third-order valence-electron chi connectivity index (χ3n) is 6.88. The number of thiophene rings is 1. The Kier molecular flexibility index (Phi) is 6.70. The molecule has 0 spiro atoms. The van der Waals surface area contributed by atoms with Crippen LogP contribution in [0.1, 0.15) is 54.4 Å². The smallest absolute Gasteiger partial charge is 0.260 e. The number of piperazine rings is 1. The van der Waals surface area contributed by atoms with Gasteiger partial charge in [-0.05, 0) is 54.9 Å². The van der Waals surface area contributed by atoms with Crippen LogP contribution in [0.2, 0.25) is 0 Å². The number of aromatic amines is 1. The molecule has 1 saturated heterocycles. The first-order valence-electron chi connectivity index (χ1n) is 12.2. The Morgan fingerprint density at radius 2 is 1.85 bits per heavy atom. The molecule has 180 valence electrons. The zero-order valence-corrected chi connectivity index (χ0v) is 20.7. The summed E-state index contributed by atoms with van der Waals surface area (Å²) in [6.45, 7) is 7.74. The molecule has 0 radical (unpaired) electrons. The van der Waals surface area contributed by atoms with Crippen LogP contribution in [0.3, 0.4) is 0 Å². The van der Waals surface area contributed by atoms with Gasteiger partial charge in [-0.2, -0.15) is 0 Å². The summed E-state index contributed by atoms with van der Waals surface area (Å²) in [5, 5.41) is 0.803. The monoisotopic (exact) mass is 480 g/mol. The van der Waals surface area contributed by atoms with E-state index < -0.39 is 0 Å². The fourth-order valence-electron chi connectivity index (χ4n) is 4.84. The van der Waals surface area contributed by atoms with Crippen molar-refractivity contribution in [2.24, 2.45) is 0 Å². The predicted octanol–water partition coefficient (Wildman–Crippen LogP) is 3.71. The zero-order chi connectivity index (χ0) is 23.7. The molecule has 1 aromatic carbocycles. The highest BCUT2D eigenvalue weighted by atomic mass is 32.1. The van der Waals surface area contributed by atoms with Crippen LogP contribution in [0.4, 0.5) is 0 Å². The number of amides is 1. The van der Waals surface area contributed by atoms with Crippen LogP contribution in [-0.4, -0.2) is 58.5 Å². The Hall–Kier alpha value is -2.71. The van der Waals surface area contributed by atoms with Crippen LogP contribution in [0, 0.1) is 0 Å². The van der Waals surface area contributed by atoms with Crippen molar-refractivity contribution >= 4 is 27.5 Å². The van der Waals surface area contributed by atoms with E-state index in [1.165, 1.54) is 22.4 Å². The highest BCUT2D eigenvalue weighted by molar-refractivity contribution is 7.18. The molecule has 3 heterocycles. The van der Waals surface area contributed by atoms with Gasteiger partial charge in [0.25, 0.3) is 11.5 Å². The molecule has 5 rings (SSSR count). The second-order valence-corrected chi connectivity index (χ2v) is 10.7. The Balaban J connectivity index is 1.14. The van der Waals surface area contributed by atoms with Gasteiger partial charge in [0.2, 0.25) is 0 Å². The quantitative estimate of drug-likeness (QED) is 0.582. The molecule has 1 fully saturated rings. The molecule has 8 heteroatoms. The number of carbonyl (C=O) groups excluding carboxylic acids is 1. The largest absolute Gasteiger partial charge is 0.484 e. The van der Waals surface area contributed by atoms with Crippen molar-refractivity contribution in [3.8, 4) is 5.75 Å². The fourth-order valence-corrected chi connectivity index (χ4v) is 6.12. The van der Waals surface area contributed by atoms with Crippen molar-refractivity contribution < 1.29 is 9.53 Å². The van der Waals surface area contributed by atoms with Gasteiger partial charge in [0.05, 0.1) is 11.9 Å². The lowest BCUT2D eigenvalue weighted by atomic mass is 9.97. The summed E-state index contributed by atoms with van der Waals surface area (Å²) in [5.41, 5.74) is 2.46. The first-order chi connectivity index (χ1) is 16.5. The number of hydrogen-bond donors (Lipinski definition) is 1. The normalized spacial score (nSPS) is 16.7. The average molecular weight is 481 g/mol. The van der Waals surface area contributed by atoms with Gasteiger partial charge in [0.15, 0.2) is 6.61 Å². The molecule has 2 aromatic heterocycles. The van der Waals surface area contributed by atoms with Crippen molar-refractivity contribution in [3.63, 3.8) is 0 Å². The molecule has 0 bridgehead atoms. The predicted molar refractivity (Wildman–Crippen MR) is 135 cm³/mol. The van der Waals surface area contributed by atoms with Gasteiger partial charge in [-0.25, -0.2) is 4.98 Å². The third kappa shape index (κ3) is 4.88. The maximum absolute atomic E-state index is 12.8. The summed E-state index contributed by atoms with van der Waals surface area (Å²) in [6, 6.07) is 7.94. The van der Waals surface area contributed by atoms with E-state index in [0.29, 0.717) is 31.4 Å². The minimum absolute atomic E-state index is 0.00436. The number of rotatable bonds is 6. The molecule has 0 atom stereocenters. The molecular weight excluding hydrogens is 448 g/mol. The Bertz CT molecular complexity index is 1220. The maximum Gasteiger partial charge on any atom is 0.260 e. The van der Waals surface area contributed by atoms with Gasteiger partial charge in [0.1, 0.15) is 16.4 Å². The Morgan fingerprint density at radius 3 is 2.59 bits per heavy atom. The molecule has 3 aromatic rings. The Morgan fingerprint density at radius 1 is 1.12 bits per heavy atom. The lowest BCUT2D eigenvalue weighted by molar-refractivity contribution is -0.135. The topological polar surface area (TPSA) is 78.5 Å². The van der Waals surface area contributed by atoms with Gasteiger partial charge in [-0.3, -0.25) is 14.5 Å². The first-order valence-corrected chi connectivity index (χ1v) is 13.1. The number of ether oxygens (including phenoxy) is 1. The van der Waals surface area contributed by atoms with Crippen molar-refractivity contribution in [1.82, 2.24) is 19.8 Å². The number of carbonyl (C=O) groups is 1. The number of aromatic nitrogens is 2. The second-order valence-electron chi connectivity index (χ2n) is 9.57. The maximum atomic E-state index is 12.8. The molecule has 1 amide bonds. The van der Waals surface area contributed by atoms with Crippen molar-refractivity contribution in [1.29, 1.82) is 0 Å². The van der Waals surface area contributed by atoms with Crippen LogP contribution in [0.15, 0.2) is 29.1 Å². The van der Waals surface area contributed by atoms with Crippen molar-refractivity contribution in [3.05, 3.63) is 56.4 Å². The summed E-state index contributed by atoms with van der Waals surface area (Å²) in [6.07, 6.45) is 4.40. The third-order valence-corrected chi connectivity index (χ3v) is 8.07. The summed E-state index contributed by atoms with van der Waals surface area (Å²) < 4.78 is 5.71. The number of fused-ring (bicyclic) bond motifs is 3. The first kappa shape index (κ1) is 23.1. The number of benzene rings is 1. The van der Waals surface area contributed by atoms with Crippen molar-refractivity contribution in [2.75, 3.05) is 32.8 Å². The molecule has 0 unspecified atom stereocenters. The lowest BCUT2D eigenvalue weighted by Gasteiger charge is -2.34. The van der Waals surface area contributed by atoms with E-state index in [2.05, 4.69) is 23.7 Å². The molecule has 1 aliphatic heterocycles. The molecule has 7 nitrogen and oxygen atoms in total. The summed E-state index contributed by atoms with van der Waals surface area (Å²) in [5.74, 6) is 1.91. The SMILES string of the molecule is CC(C)c1ccc(OCC(=O)N2CCN(Cc3nc4sc5c(c4c(=O)[nH]3)CCCC5)CC2)cc1. The van der Waals surface area contributed by atoms with E-state index in [1.807, 2.05) is 29.2 Å². The zero-order valence-electron chi connectivity index (χ0n) is 19.9. The van der Waals surface area contributed by atoms with Crippen LogP contribution in [0.5, 0.6) is 5.75 Å². The minimum atomic E-state index is -0.00760. The van der Waals surface area contributed by atoms with Crippen LogP contribution in [0.25, 0.3) is 10.2 Å². The number of nitrogens with zero attached hydrogens (tertiary/aromatic N) is 3. The van der Waals surface area contributed by atoms with Gasteiger partial charge < -0.3 is 14.6 Å². The Labute approximate surface area is 203 Å².